The van der Waals surface area contributed by atoms with Gasteiger partial charge in [0, 0.05) is 17.7 Å². The first-order chi connectivity index (χ1) is 15.4. The Balaban J connectivity index is 1.83. The third-order valence-electron chi connectivity index (χ3n) is 5.23. The molecule has 0 saturated heterocycles. The predicted molar refractivity (Wildman–Crippen MR) is 119 cm³/mol. The monoisotopic (exact) mass is 440 g/mol. The van der Waals surface area contributed by atoms with Gasteiger partial charge in [0.1, 0.15) is 0 Å². The van der Waals surface area contributed by atoms with Gasteiger partial charge in [-0.3, -0.25) is 14.4 Å². The van der Waals surface area contributed by atoms with Crippen LogP contribution >= 0.6 is 0 Å². The molecule has 170 valence electrons. The number of carboxylic acid groups (broad SMARTS) is 1. The zero-order valence-corrected chi connectivity index (χ0v) is 18.3. The van der Waals surface area contributed by atoms with Crippen molar-refractivity contribution in [2.24, 2.45) is 0 Å². The van der Waals surface area contributed by atoms with Crippen LogP contribution in [0.15, 0.2) is 36.4 Å². The van der Waals surface area contributed by atoms with Gasteiger partial charge in [-0.1, -0.05) is 13.0 Å². The van der Waals surface area contributed by atoms with Gasteiger partial charge < -0.3 is 25.2 Å². The van der Waals surface area contributed by atoms with Crippen molar-refractivity contribution in [3.8, 4) is 11.5 Å². The standard InChI is InChI=1S/C24H28N2O6/c1-3-11-32-20-10-8-16(13-21(20)31-2)19(14-23(28)29)26-24(30)17-7-9-18-15(12-17)5-4-6-22(27)25-18/h7-10,12-13,19H,3-6,11,14H2,1-2H3,(H,25,27)(H,26,30)(H,28,29). The first kappa shape index (κ1) is 23.1. The van der Waals surface area contributed by atoms with Crippen LogP contribution in [-0.2, 0) is 16.0 Å². The molecule has 1 atom stereocenters. The second kappa shape index (κ2) is 10.7. The minimum Gasteiger partial charge on any atom is -0.493 e. The van der Waals surface area contributed by atoms with Crippen LogP contribution in [0.2, 0.25) is 0 Å². The summed E-state index contributed by atoms with van der Waals surface area (Å²) in [6.45, 7) is 2.53. The van der Waals surface area contributed by atoms with Gasteiger partial charge in [0.15, 0.2) is 11.5 Å². The fourth-order valence-corrected chi connectivity index (χ4v) is 3.62. The number of aryl methyl sites for hydroxylation is 1. The Morgan fingerprint density at radius 2 is 1.97 bits per heavy atom. The van der Waals surface area contributed by atoms with E-state index in [2.05, 4.69) is 10.6 Å². The SMILES string of the molecule is CCCOc1ccc(C(CC(=O)O)NC(=O)c2ccc3c(c2)CCCC(=O)N3)cc1OC. The predicted octanol–water partition coefficient (Wildman–Crippen LogP) is 3.70. The molecular weight excluding hydrogens is 412 g/mol. The quantitative estimate of drug-likeness (QED) is 0.548. The number of nitrogens with one attached hydrogen (secondary N) is 2. The number of hydrogen-bond donors (Lipinski definition) is 3. The Morgan fingerprint density at radius 1 is 1.16 bits per heavy atom. The molecule has 0 saturated carbocycles. The number of carboxylic acids is 1. The first-order valence-corrected chi connectivity index (χ1v) is 10.7. The highest BCUT2D eigenvalue weighted by atomic mass is 16.5. The highest BCUT2D eigenvalue weighted by Crippen LogP contribution is 2.32. The van der Waals surface area contributed by atoms with Crippen LogP contribution in [0.5, 0.6) is 11.5 Å². The van der Waals surface area contributed by atoms with E-state index in [9.17, 15) is 19.5 Å². The molecule has 3 rings (SSSR count). The average molecular weight is 440 g/mol. The van der Waals surface area contributed by atoms with Gasteiger partial charge in [0.2, 0.25) is 5.91 Å². The summed E-state index contributed by atoms with van der Waals surface area (Å²) >= 11 is 0. The maximum absolute atomic E-state index is 13.0. The van der Waals surface area contributed by atoms with Crippen molar-refractivity contribution in [1.82, 2.24) is 5.32 Å². The van der Waals surface area contributed by atoms with Crippen molar-refractivity contribution in [2.75, 3.05) is 19.0 Å². The molecule has 8 heteroatoms. The third kappa shape index (κ3) is 5.78. The van der Waals surface area contributed by atoms with E-state index in [1.807, 2.05) is 6.92 Å². The van der Waals surface area contributed by atoms with Crippen LogP contribution in [0, 0.1) is 0 Å². The molecule has 32 heavy (non-hydrogen) atoms. The number of ether oxygens (including phenoxy) is 2. The fraction of sp³-hybridized carbons (Fsp3) is 0.375. The molecule has 2 amide bonds. The summed E-state index contributed by atoms with van der Waals surface area (Å²) in [6, 6.07) is 9.46. The number of hydrogen-bond acceptors (Lipinski definition) is 5. The van der Waals surface area contributed by atoms with Crippen LogP contribution in [0.1, 0.15) is 60.1 Å². The number of methoxy groups -OCH3 is 1. The molecule has 1 aliphatic heterocycles. The highest BCUT2D eigenvalue weighted by Gasteiger charge is 2.22. The number of benzene rings is 2. The van der Waals surface area contributed by atoms with Crippen LogP contribution < -0.4 is 20.1 Å². The van der Waals surface area contributed by atoms with E-state index in [1.165, 1.54) is 7.11 Å². The zero-order chi connectivity index (χ0) is 23.1. The van der Waals surface area contributed by atoms with Gasteiger partial charge in [0.05, 0.1) is 26.2 Å². The molecule has 2 aromatic carbocycles. The summed E-state index contributed by atoms with van der Waals surface area (Å²) in [5, 5.41) is 15.1. The van der Waals surface area contributed by atoms with E-state index in [1.54, 1.807) is 36.4 Å². The van der Waals surface area contributed by atoms with Crippen molar-refractivity contribution in [3.63, 3.8) is 0 Å². The number of carbonyl (C=O) groups excluding carboxylic acids is 2. The summed E-state index contributed by atoms with van der Waals surface area (Å²) in [6.07, 6.45) is 2.39. The normalized spacial score (nSPS) is 13.9. The number of carbonyl (C=O) groups is 3. The molecule has 0 aliphatic carbocycles. The average Bonchev–Trinajstić information content (AvgIpc) is 2.96. The van der Waals surface area contributed by atoms with Gasteiger partial charge in [-0.05, 0) is 60.7 Å². The van der Waals surface area contributed by atoms with E-state index < -0.39 is 12.0 Å². The number of fused-ring (bicyclic) bond motifs is 1. The first-order valence-electron chi connectivity index (χ1n) is 10.7. The summed E-state index contributed by atoms with van der Waals surface area (Å²) in [7, 11) is 1.51. The van der Waals surface area contributed by atoms with Gasteiger partial charge in [-0.2, -0.15) is 0 Å². The van der Waals surface area contributed by atoms with Crippen LogP contribution in [-0.4, -0.2) is 36.6 Å². The Labute approximate surface area is 186 Å². The van der Waals surface area contributed by atoms with Crippen molar-refractivity contribution in [3.05, 3.63) is 53.1 Å². The topological polar surface area (TPSA) is 114 Å². The van der Waals surface area contributed by atoms with E-state index in [-0.39, 0.29) is 18.2 Å². The van der Waals surface area contributed by atoms with Crippen molar-refractivity contribution < 1.29 is 29.0 Å². The molecule has 0 fully saturated rings. The van der Waals surface area contributed by atoms with E-state index in [4.69, 9.17) is 9.47 Å². The van der Waals surface area contributed by atoms with Crippen LogP contribution in [0.25, 0.3) is 0 Å². The highest BCUT2D eigenvalue weighted by molar-refractivity contribution is 5.97. The van der Waals surface area contributed by atoms with Gasteiger partial charge >= 0.3 is 5.97 Å². The second-order valence-corrected chi connectivity index (χ2v) is 7.66. The van der Waals surface area contributed by atoms with Gasteiger partial charge in [-0.25, -0.2) is 0 Å². The molecule has 1 aliphatic rings. The van der Waals surface area contributed by atoms with Crippen LogP contribution in [0.4, 0.5) is 5.69 Å². The summed E-state index contributed by atoms with van der Waals surface area (Å²) in [5.41, 5.74) is 2.60. The molecule has 3 N–H and O–H groups in total. The Hall–Kier alpha value is -3.55. The minimum absolute atomic E-state index is 0.0391. The molecule has 0 spiro atoms. The molecule has 0 aromatic heterocycles. The molecule has 8 nitrogen and oxygen atoms in total. The summed E-state index contributed by atoms with van der Waals surface area (Å²) < 4.78 is 11.0. The Morgan fingerprint density at radius 3 is 2.69 bits per heavy atom. The van der Waals surface area contributed by atoms with Crippen molar-refractivity contribution in [2.45, 2.75) is 45.1 Å². The molecule has 1 unspecified atom stereocenters. The third-order valence-corrected chi connectivity index (χ3v) is 5.23. The smallest absolute Gasteiger partial charge is 0.305 e. The lowest BCUT2D eigenvalue weighted by Gasteiger charge is -2.20. The number of rotatable bonds is 9. The van der Waals surface area contributed by atoms with Crippen molar-refractivity contribution in [1.29, 1.82) is 0 Å². The second-order valence-electron chi connectivity index (χ2n) is 7.66. The molecule has 0 bridgehead atoms. The maximum atomic E-state index is 13.0. The fourth-order valence-electron chi connectivity index (χ4n) is 3.62. The van der Waals surface area contributed by atoms with E-state index in [0.29, 0.717) is 54.2 Å². The molecule has 1 heterocycles. The van der Waals surface area contributed by atoms with E-state index >= 15 is 0 Å². The summed E-state index contributed by atoms with van der Waals surface area (Å²) in [4.78, 5) is 36.2. The number of anilines is 1. The Bertz CT molecular complexity index is 1000. The maximum Gasteiger partial charge on any atom is 0.305 e. The Kier molecular flexibility index (Phi) is 7.70. The number of amides is 2. The summed E-state index contributed by atoms with van der Waals surface area (Å²) in [5.74, 6) is -0.430. The van der Waals surface area contributed by atoms with Gasteiger partial charge in [-0.15, -0.1) is 0 Å². The van der Waals surface area contributed by atoms with Gasteiger partial charge in [0.25, 0.3) is 5.91 Å². The van der Waals surface area contributed by atoms with Crippen LogP contribution in [0.3, 0.4) is 0 Å². The molecule has 0 radical (unpaired) electrons. The van der Waals surface area contributed by atoms with Crippen molar-refractivity contribution >= 4 is 23.5 Å². The lowest BCUT2D eigenvalue weighted by atomic mass is 10.0. The zero-order valence-electron chi connectivity index (χ0n) is 18.3. The molecular formula is C24H28N2O6. The largest absolute Gasteiger partial charge is 0.493 e. The molecule has 2 aromatic rings. The lowest BCUT2D eigenvalue weighted by molar-refractivity contribution is -0.137. The lowest BCUT2D eigenvalue weighted by Crippen LogP contribution is -2.30. The van der Waals surface area contributed by atoms with E-state index in [0.717, 1.165) is 12.0 Å². The number of aliphatic carboxylic acids is 1. The minimum atomic E-state index is -1.04.